The van der Waals surface area contributed by atoms with Gasteiger partial charge >= 0.3 is 15.2 Å². The topological polar surface area (TPSA) is 136 Å². The Balaban J connectivity index is 2.89. The first-order chi connectivity index (χ1) is 10.1. The number of ether oxygens (including phenoxy) is 1. The molecular formula is C13H29NO7P2. The van der Waals surface area contributed by atoms with Crippen molar-refractivity contribution in [3.05, 3.63) is 0 Å². The molecule has 0 spiro atoms. The third-order valence-electron chi connectivity index (χ3n) is 4.01. The summed E-state index contributed by atoms with van der Waals surface area (Å²) in [4.78, 5) is 36.4. The summed E-state index contributed by atoms with van der Waals surface area (Å²) in [6, 6.07) is 0. The third kappa shape index (κ3) is 7.76. The molecule has 1 heterocycles. The van der Waals surface area contributed by atoms with Crippen LogP contribution in [0.3, 0.4) is 0 Å². The molecule has 0 aromatic heterocycles. The van der Waals surface area contributed by atoms with Crippen LogP contribution in [0.2, 0.25) is 0 Å². The van der Waals surface area contributed by atoms with Crippen LogP contribution in [0.25, 0.3) is 0 Å². The highest BCUT2D eigenvalue weighted by Gasteiger charge is 2.44. The number of morpholine rings is 1. The molecule has 0 radical (unpaired) electrons. The molecule has 1 unspecified atom stereocenters. The Morgan fingerprint density at radius 2 is 1.48 bits per heavy atom. The Morgan fingerprint density at radius 1 is 1.04 bits per heavy atom. The van der Waals surface area contributed by atoms with Crippen molar-refractivity contribution in [3.8, 4) is 0 Å². The summed E-state index contributed by atoms with van der Waals surface area (Å²) in [6.45, 7) is 8.26. The first kappa shape index (κ1) is 21.3. The molecule has 1 rings (SSSR count). The molecule has 1 atom stereocenters. The van der Waals surface area contributed by atoms with Crippen molar-refractivity contribution in [1.29, 1.82) is 0 Å². The van der Waals surface area contributed by atoms with Gasteiger partial charge < -0.3 is 29.6 Å². The van der Waals surface area contributed by atoms with Crippen molar-refractivity contribution >= 4 is 15.2 Å². The Bertz CT molecular complexity index is 471. The third-order valence-corrected chi connectivity index (χ3v) is 5.69. The molecule has 1 fully saturated rings. The molecule has 0 aromatic rings. The Hall–Kier alpha value is 0.220. The molecule has 1 saturated heterocycles. The molecule has 10 heteroatoms. The Morgan fingerprint density at radius 3 is 1.83 bits per heavy atom. The van der Waals surface area contributed by atoms with Crippen molar-refractivity contribution in [3.63, 3.8) is 0 Å². The molecule has 0 amide bonds. The summed E-state index contributed by atoms with van der Waals surface area (Å²) in [5.74, 6) is -0.353. The van der Waals surface area contributed by atoms with Crippen molar-refractivity contribution in [1.82, 2.24) is 5.32 Å². The predicted octanol–water partition coefficient (Wildman–Crippen LogP) is 1.28. The van der Waals surface area contributed by atoms with E-state index in [1.165, 1.54) is 0 Å². The van der Waals surface area contributed by atoms with Crippen molar-refractivity contribution < 1.29 is 33.4 Å². The van der Waals surface area contributed by atoms with Gasteiger partial charge in [-0.2, -0.15) is 0 Å². The van der Waals surface area contributed by atoms with Gasteiger partial charge in [-0.1, -0.05) is 0 Å². The minimum atomic E-state index is -4.17. The molecular weight excluding hydrogens is 344 g/mol. The molecule has 0 aliphatic carbocycles. The molecule has 138 valence electrons. The van der Waals surface area contributed by atoms with Crippen LogP contribution in [0.15, 0.2) is 0 Å². The number of hydrogen-bond acceptors (Lipinski definition) is 4. The van der Waals surface area contributed by atoms with Crippen LogP contribution < -0.4 is 5.32 Å². The summed E-state index contributed by atoms with van der Waals surface area (Å²) in [5.41, 5.74) is -0.715. The van der Waals surface area contributed by atoms with E-state index in [1.54, 1.807) is 0 Å². The SMILES string of the molecule is CC1(C)COC(C(CCP(=O)(O)O)CCP(=O)(O)O)C(C)(C)N1. The second kappa shape index (κ2) is 7.22. The second-order valence-corrected chi connectivity index (χ2v) is 11.1. The van der Waals surface area contributed by atoms with E-state index in [-0.39, 0.29) is 42.7 Å². The van der Waals surface area contributed by atoms with Crippen LogP contribution in [0, 0.1) is 5.92 Å². The van der Waals surface area contributed by atoms with Crippen LogP contribution >= 0.6 is 15.2 Å². The summed E-state index contributed by atoms with van der Waals surface area (Å²) < 4.78 is 28.3. The van der Waals surface area contributed by atoms with Gasteiger partial charge in [-0.25, -0.2) is 0 Å². The summed E-state index contributed by atoms with van der Waals surface area (Å²) in [7, 11) is -8.34. The highest BCUT2D eigenvalue weighted by Crippen LogP contribution is 2.43. The minimum Gasteiger partial charge on any atom is -0.374 e. The van der Waals surface area contributed by atoms with Crippen LogP contribution in [-0.4, -0.2) is 55.7 Å². The van der Waals surface area contributed by atoms with Gasteiger partial charge in [0.15, 0.2) is 0 Å². The Kier molecular flexibility index (Phi) is 6.68. The first-order valence-corrected chi connectivity index (χ1v) is 11.2. The lowest BCUT2D eigenvalue weighted by atomic mass is 9.80. The molecule has 0 saturated carbocycles. The van der Waals surface area contributed by atoms with Crippen LogP contribution in [0.4, 0.5) is 0 Å². The molecule has 23 heavy (non-hydrogen) atoms. The van der Waals surface area contributed by atoms with Gasteiger partial charge in [0.2, 0.25) is 0 Å². The predicted molar refractivity (Wildman–Crippen MR) is 87.6 cm³/mol. The summed E-state index contributed by atoms with van der Waals surface area (Å²) >= 11 is 0. The lowest BCUT2D eigenvalue weighted by molar-refractivity contribution is -0.111. The van der Waals surface area contributed by atoms with Crippen LogP contribution in [-0.2, 0) is 13.9 Å². The lowest BCUT2D eigenvalue weighted by Gasteiger charge is -2.50. The van der Waals surface area contributed by atoms with E-state index in [4.69, 9.17) is 24.3 Å². The lowest BCUT2D eigenvalue weighted by Crippen LogP contribution is -2.67. The monoisotopic (exact) mass is 373 g/mol. The van der Waals surface area contributed by atoms with Crippen LogP contribution in [0.1, 0.15) is 40.5 Å². The number of nitrogens with one attached hydrogen (secondary N) is 1. The van der Waals surface area contributed by atoms with Gasteiger partial charge in [-0.15, -0.1) is 0 Å². The minimum absolute atomic E-state index is 0.153. The molecule has 5 N–H and O–H groups in total. The van der Waals surface area contributed by atoms with E-state index in [0.717, 1.165) is 0 Å². The van der Waals surface area contributed by atoms with Gasteiger partial charge in [0.1, 0.15) is 0 Å². The summed E-state index contributed by atoms with van der Waals surface area (Å²) in [5, 5.41) is 3.44. The maximum atomic E-state index is 11.2. The van der Waals surface area contributed by atoms with E-state index in [9.17, 15) is 9.13 Å². The smallest absolute Gasteiger partial charge is 0.325 e. The van der Waals surface area contributed by atoms with Gasteiger partial charge in [0.25, 0.3) is 0 Å². The number of hydrogen-bond donors (Lipinski definition) is 5. The first-order valence-electron chi connectivity index (χ1n) is 7.61. The molecule has 0 aromatic carbocycles. The van der Waals surface area contributed by atoms with E-state index < -0.39 is 20.7 Å². The molecule has 1 aliphatic heterocycles. The maximum Gasteiger partial charge on any atom is 0.325 e. The van der Waals surface area contributed by atoms with Crippen molar-refractivity contribution in [2.24, 2.45) is 5.92 Å². The fourth-order valence-electron chi connectivity index (χ4n) is 3.33. The van der Waals surface area contributed by atoms with Gasteiger partial charge in [0, 0.05) is 11.1 Å². The normalized spacial score (nSPS) is 24.8. The quantitative estimate of drug-likeness (QED) is 0.421. The van der Waals surface area contributed by atoms with Crippen molar-refractivity contribution in [2.75, 3.05) is 18.9 Å². The molecule has 1 aliphatic rings. The molecule has 0 bridgehead atoms. The standard InChI is InChI=1S/C13H29NO7P2/c1-12(2)9-21-11(13(3,4)14-12)10(5-7-22(15,16)17)6-8-23(18,19)20/h10-11,14H,5-9H2,1-4H3,(H2,15,16,17)(H2,18,19,20). The largest absolute Gasteiger partial charge is 0.374 e. The zero-order valence-electron chi connectivity index (χ0n) is 14.1. The highest BCUT2D eigenvalue weighted by molar-refractivity contribution is 7.52. The fraction of sp³-hybridized carbons (Fsp3) is 1.00. The number of rotatable bonds is 7. The zero-order chi connectivity index (χ0) is 18.1. The maximum absolute atomic E-state index is 11.2. The van der Waals surface area contributed by atoms with E-state index in [2.05, 4.69) is 5.32 Å². The van der Waals surface area contributed by atoms with E-state index in [0.29, 0.717) is 6.61 Å². The average molecular weight is 373 g/mol. The molecule has 8 nitrogen and oxygen atoms in total. The van der Waals surface area contributed by atoms with Crippen LogP contribution in [0.5, 0.6) is 0 Å². The van der Waals surface area contributed by atoms with Gasteiger partial charge in [0.05, 0.1) is 25.0 Å². The zero-order valence-corrected chi connectivity index (χ0v) is 15.9. The summed E-state index contributed by atoms with van der Waals surface area (Å²) in [6.07, 6.45) is -0.717. The van der Waals surface area contributed by atoms with Gasteiger partial charge in [-0.05, 0) is 46.5 Å². The second-order valence-electron chi connectivity index (χ2n) is 7.58. The van der Waals surface area contributed by atoms with Gasteiger partial charge in [-0.3, -0.25) is 9.13 Å². The highest BCUT2D eigenvalue weighted by atomic mass is 31.2. The van der Waals surface area contributed by atoms with E-state index >= 15 is 0 Å². The Labute approximate surface area is 137 Å². The van der Waals surface area contributed by atoms with E-state index in [1.807, 2.05) is 27.7 Å². The average Bonchev–Trinajstić information content (AvgIpc) is 2.26. The van der Waals surface area contributed by atoms with Crippen molar-refractivity contribution in [2.45, 2.75) is 57.7 Å². The fourth-order valence-corrected chi connectivity index (χ4v) is 4.66.